The quantitative estimate of drug-likeness (QED) is 0.868. The maximum atomic E-state index is 12.2. The van der Waals surface area contributed by atoms with Crippen molar-refractivity contribution in [2.45, 2.75) is 13.8 Å². The first kappa shape index (κ1) is 13.4. The molecule has 1 aromatic carbocycles. The molecule has 0 saturated carbocycles. The fourth-order valence-electron chi connectivity index (χ4n) is 2.58. The fourth-order valence-corrected chi connectivity index (χ4v) is 3.56. The number of fused-ring (bicyclic) bond motifs is 1. The van der Waals surface area contributed by atoms with Crippen LogP contribution in [0.25, 0.3) is 10.2 Å². The van der Waals surface area contributed by atoms with Crippen molar-refractivity contribution in [3.05, 3.63) is 24.3 Å². The standard InChI is InChI=1S/C15H19N3OS/c1-3-17(4-2)14(19)11-9-18(10-11)15-16-12-7-5-6-8-13(12)20-15/h5-8,11H,3-4,9-10H2,1-2H3. The molecule has 1 amide bonds. The third kappa shape index (κ3) is 2.26. The number of hydrogen-bond acceptors (Lipinski definition) is 4. The van der Waals surface area contributed by atoms with Crippen LogP contribution in [0.5, 0.6) is 0 Å². The molecule has 106 valence electrons. The number of aromatic nitrogens is 1. The molecule has 0 aliphatic carbocycles. The van der Waals surface area contributed by atoms with Crippen LogP contribution in [0.1, 0.15) is 13.8 Å². The van der Waals surface area contributed by atoms with Crippen LogP contribution in [-0.4, -0.2) is 42.0 Å². The third-order valence-corrected chi connectivity index (χ3v) is 4.96. The van der Waals surface area contributed by atoms with Crippen LogP contribution in [0, 0.1) is 5.92 Å². The minimum Gasteiger partial charge on any atom is -0.346 e. The molecule has 5 heteroatoms. The summed E-state index contributed by atoms with van der Waals surface area (Å²) in [7, 11) is 0. The second kappa shape index (κ2) is 5.40. The monoisotopic (exact) mass is 289 g/mol. The van der Waals surface area contributed by atoms with Gasteiger partial charge in [-0.1, -0.05) is 23.5 Å². The molecule has 1 aromatic heterocycles. The maximum Gasteiger partial charge on any atom is 0.229 e. The van der Waals surface area contributed by atoms with Gasteiger partial charge in [-0.05, 0) is 26.0 Å². The lowest BCUT2D eigenvalue weighted by molar-refractivity contribution is -0.135. The first-order chi connectivity index (χ1) is 9.72. The van der Waals surface area contributed by atoms with Crippen LogP contribution in [0.3, 0.4) is 0 Å². The first-order valence-electron chi connectivity index (χ1n) is 7.12. The van der Waals surface area contributed by atoms with E-state index >= 15 is 0 Å². The van der Waals surface area contributed by atoms with Crippen LogP contribution >= 0.6 is 11.3 Å². The molecule has 4 nitrogen and oxygen atoms in total. The lowest BCUT2D eigenvalue weighted by atomic mass is 9.99. The Balaban J connectivity index is 1.66. The summed E-state index contributed by atoms with van der Waals surface area (Å²) in [6, 6.07) is 8.17. The summed E-state index contributed by atoms with van der Waals surface area (Å²) < 4.78 is 1.21. The Bertz CT molecular complexity index is 581. The lowest BCUT2D eigenvalue weighted by Gasteiger charge is -2.40. The molecule has 20 heavy (non-hydrogen) atoms. The van der Waals surface area contributed by atoms with Crippen molar-refractivity contribution in [2.75, 3.05) is 31.1 Å². The molecular formula is C15H19N3OS. The number of carbonyl (C=O) groups excluding carboxylic acids is 1. The van der Waals surface area contributed by atoms with Gasteiger partial charge in [0, 0.05) is 26.2 Å². The molecule has 0 radical (unpaired) electrons. The zero-order chi connectivity index (χ0) is 14.1. The summed E-state index contributed by atoms with van der Waals surface area (Å²) in [5.41, 5.74) is 1.05. The summed E-state index contributed by atoms with van der Waals surface area (Å²) in [6.45, 7) is 7.26. The highest BCUT2D eigenvalue weighted by Gasteiger charge is 2.36. The number of nitrogens with zero attached hydrogens (tertiary/aromatic N) is 3. The number of thiazole rings is 1. The van der Waals surface area contributed by atoms with Crippen LogP contribution in [-0.2, 0) is 4.79 Å². The van der Waals surface area contributed by atoms with Crippen molar-refractivity contribution in [3.8, 4) is 0 Å². The van der Waals surface area contributed by atoms with Crippen molar-refractivity contribution in [3.63, 3.8) is 0 Å². The molecule has 1 aliphatic heterocycles. The number of para-hydroxylation sites is 1. The molecule has 2 heterocycles. The first-order valence-corrected chi connectivity index (χ1v) is 7.93. The normalized spacial score (nSPS) is 15.4. The number of anilines is 1. The SMILES string of the molecule is CCN(CC)C(=O)C1CN(c2nc3ccccc3s2)C1. The van der Waals surface area contributed by atoms with E-state index in [4.69, 9.17) is 0 Å². The number of hydrogen-bond donors (Lipinski definition) is 0. The smallest absolute Gasteiger partial charge is 0.229 e. The van der Waals surface area contributed by atoms with E-state index in [1.165, 1.54) is 4.70 Å². The van der Waals surface area contributed by atoms with E-state index in [9.17, 15) is 4.79 Å². The highest BCUT2D eigenvalue weighted by atomic mass is 32.1. The predicted octanol–water partition coefficient (Wildman–Crippen LogP) is 2.60. The van der Waals surface area contributed by atoms with Gasteiger partial charge in [0.15, 0.2) is 5.13 Å². The molecule has 1 aliphatic rings. The van der Waals surface area contributed by atoms with Crippen LogP contribution < -0.4 is 4.90 Å². The topological polar surface area (TPSA) is 36.4 Å². The van der Waals surface area contributed by atoms with Crippen LogP contribution in [0.4, 0.5) is 5.13 Å². The van der Waals surface area contributed by atoms with Gasteiger partial charge in [0.2, 0.25) is 5.91 Å². The Labute approximate surface area is 123 Å². The summed E-state index contributed by atoms with van der Waals surface area (Å²) in [4.78, 5) is 21.0. The summed E-state index contributed by atoms with van der Waals surface area (Å²) in [5, 5.41) is 1.04. The highest BCUT2D eigenvalue weighted by molar-refractivity contribution is 7.22. The molecular weight excluding hydrogens is 270 g/mol. The average molecular weight is 289 g/mol. The van der Waals surface area contributed by atoms with Crippen molar-refractivity contribution in [1.29, 1.82) is 0 Å². The predicted molar refractivity (Wildman–Crippen MR) is 83.3 cm³/mol. The molecule has 3 rings (SSSR count). The van der Waals surface area contributed by atoms with E-state index in [1.807, 2.05) is 36.9 Å². The van der Waals surface area contributed by atoms with Gasteiger partial charge < -0.3 is 9.80 Å². The lowest BCUT2D eigenvalue weighted by Crippen LogP contribution is -2.54. The number of carbonyl (C=O) groups is 1. The maximum absolute atomic E-state index is 12.2. The van der Waals surface area contributed by atoms with E-state index in [0.717, 1.165) is 36.8 Å². The minimum atomic E-state index is 0.141. The minimum absolute atomic E-state index is 0.141. The van der Waals surface area contributed by atoms with Crippen LogP contribution in [0.15, 0.2) is 24.3 Å². The molecule has 0 N–H and O–H groups in total. The molecule has 0 bridgehead atoms. The van der Waals surface area contributed by atoms with Gasteiger partial charge in [-0.2, -0.15) is 0 Å². The Kier molecular flexibility index (Phi) is 3.61. The summed E-state index contributed by atoms with van der Waals surface area (Å²) in [5.74, 6) is 0.425. The third-order valence-electron chi connectivity index (χ3n) is 3.86. The fraction of sp³-hybridized carbons (Fsp3) is 0.467. The van der Waals surface area contributed by atoms with E-state index in [0.29, 0.717) is 0 Å². The highest BCUT2D eigenvalue weighted by Crippen LogP contribution is 2.33. The molecule has 0 atom stereocenters. The van der Waals surface area contributed by atoms with Gasteiger partial charge in [-0.25, -0.2) is 4.98 Å². The second-order valence-electron chi connectivity index (χ2n) is 5.08. The molecule has 1 fully saturated rings. The van der Waals surface area contributed by atoms with Crippen molar-refractivity contribution < 1.29 is 4.79 Å². The van der Waals surface area contributed by atoms with Gasteiger partial charge >= 0.3 is 0 Å². The van der Waals surface area contributed by atoms with Crippen molar-refractivity contribution in [1.82, 2.24) is 9.88 Å². The molecule has 0 unspecified atom stereocenters. The number of amides is 1. The van der Waals surface area contributed by atoms with E-state index in [2.05, 4.69) is 16.0 Å². The molecule has 1 saturated heterocycles. The Morgan fingerprint density at radius 3 is 2.70 bits per heavy atom. The Hall–Kier alpha value is -1.62. The zero-order valence-corrected chi connectivity index (χ0v) is 12.7. The van der Waals surface area contributed by atoms with E-state index in [-0.39, 0.29) is 11.8 Å². The summed E-state index contributed by atoms with van der Waals surface area (Å²) >= 11 is 1.70. The Morgan fingerprint density at radius 2 is 2.05 bits per heavy atom. The number of benzene rings is 1. The van der Waals surface area contributed by atoms with Gasteiger partial charge in [0.1, 0.15) is 0 Å². The van der Waals surface area contributed by atoms with Gasteiger partial charge in [0.25, 0.3) is 0 Å². The average Bonchev–Trinajstić information content (AvgIpc) is 2.81. The van der Waals surface area contributed by atoms with E-state index < -0.39 is 0 Å². The summed E-state index contributed by atoms with van der Waals surface area (Å²) in [6.07, 6.45) is 0. The van der Waals surface area contributed by atoms with E-state index in [1.54, 1.807) is 11.3 Å². The van der Waals surface area contributed by atoms with Crippen molar-refractivity contribution >= 4 is 32.6 Å². The Morgan fingerprint density at radius 1 is 1.35 bits per heavy atom. The zero-order valence-electron chi connectivity index (χ0n) is 11.9. The number of rotatable bonds is 4. The molecule has 2 aromatic rings. The second-order valence-corrected chi connectivity index (χ2v) is 6.09. The van der Waals surface area contributed by atoms with Crippen LogP contribution in [0.2, 0.25) is 0 Å². The van der Waals surface area contributed by atoms with Crippen molar-refractivity contribution in [2.24, 2.45) is 5.92 Å². The largest absolute Gasteiger partial charge is 0.346 e. The van der Waals surface area contributed by atoms with Gasteiger partial charge in [-0.3, -0.25) is 4.79 Å². The van der Waals surface area contributed by atoms with Gasteiger partial charge in [0.05, 0.1) is 16.1 Å². The molecule has 0 spiro atoms. The van der Waals surface area contributed by atoms with Gasteiger partial charge in [-0.15, -0.1) is 0 Å².